The summed E-state index contributed by atoms with van der Waals surface area (Å²) in [5.41, 5.74) is -3.93. The summed E-state index contributed by atoms with van der Waals surface area (Å²) in [6, 6.07) is 7.96. The molecule has 1 aromatic heterocycles. The van der Waals surface area contributed by atoms with Crippen LogP contribution in [0.1, 0.15) is 33.6 Å². The highest BCUT2D eigenvalue weighted by atomic mass is 16.7. The molecule has 4 aliphatic rings. The fraction of sp³-hybridized carbons (Fsp3) is 0.535. The van der Waals surface area contributed by atoms with E-state index >= 15 is 0 Å². The van der Waals surface area contributed by atoms with Gasteiger partial charge in [-0.15, -0.1) is 0 Å². The zero-order valence-electron chi connectivity index (χ0n) is 34.6. The van der Waals surface area contributed by atoms with E-state index in [0.717, 1.165) is 12.1 Å². The van der Waals surface area contributed by atoms with Gasteiger partial charge in [-0.25, -0.2) is 4.79 Å². The number of allylic oxidation sites excluding steroid dienone is 2. The standard InChI is InChI=1S/C43H52O20/c1-19(9-10-43(55)41(2)14-21(46)15-42(43,3)57-18-41)11-28(48)62-37-31(50)27(17-45)61-40(35(37)54)58-22-7-5-20(6-8-22)36-38(63-39-34(53)33(52)30(49)26(16-44)60-39)32(51)29-24(47)12-23(56-4)13-25(29)59-36/h5-13,21,26-27,30-31,33-35,37,39-40,44-47,49-50,52-55H,14-18H2,1-4H3/b10-9+,19-11+/t21?,26-,27+,30+,31+,33+,34+,35+,37-,39+,40+,41?,42?,43-/m0/s1. The summed E-state index contributed by atoms with van der Waals surface area (Å²) in [5, 5.41) is 106. The number of ether oxygens (including phenoxy) is 7. The number of aliphatic hydroxyl groups excluding tert-OH is 8. The summed E-state index contributed by atoms with van der Waals surface area (Å²) in [6.07, 6.45) is -12.9. The molecule has 1 saturated carbocycles. The predicted octanol–water partition coefficient (Wildman–Crippen LogP) is -0.734. The van der Waals surface area contributed by atoms with E-state index in [1.54, 1.807) is 13.8 Å². The molecule has 3 aromatic rings. The van der Waals surface area contributed by atoms with E-state index in [0.29, 0.717) is 12.0 Å². The van der Waals surface area contributed by atoms with Crippen LogP contribution in [0, 0.1) is 5.41 Å². The fourth-order valence-electron chi connectivity index (χ4n) is 8.74. The summed E-state index contributed by atoms with van der Waals surface area (Å²) in [6.45, 7) is 3.78. The Morgan fingerprint density at radius 1 is 0.857 bits per heavy atom. The molecular formula is C43H52O20. The Morgan fingerprint density at radius 2 is 1.51 bits per heavy atom. The molecule has 2 bridgehead atoms. The van der Waals surface area contributed by atoms with Gasteiger partial charge in [-0.2, -0.15) is 0 Å². The molecule has 3 unspecified atom stereocenters. The molecule has 3 saturated heterocycles. The first-order valence-corrected chi connectivity index (χ1v) is 20.1. The topological polar surface area (TPSA) is 314 Å². The molecule has 0 radical (unpaired) electrons. The number of aromatic hydroxyl groups is 1. The second kappa shape index (κ2) is 17.7. The highest BCUT2D eigenvalue weighted by Crippen LogP contribution is 2.57. The van der Waals surface area contributed by atoms with Crippen LogP contribution in [-0.2, 0) is 23.7 Å². The number of carbonyl (C=O) groups is 1. The maximum atomic E-state index is 13.9. The molecular weight excluding hydrogens is 836 g/mol. The quantitative estimate of drug-likeness (QED) is 0.0609. The number of fused-ring (bicyclic) bond motifs is 3. The number of hydrogen-bond donors (Lipinski definition) is 10. The van der Waals surface area contributed by atoms with Crippen LogP contribution in [0.25, 0.3) is 22.3 Å². The molecule has 0 spiro atoms. The van der Waals surface area contributed by atoms with Gasteiger partial charge in [0.2, 0.25) is 23.8 Å². The molecule has 10 N–H and O–H groups in total. The molecule has 7 rings (SSSR count). The van der Waals surface area contributed by atoms with E-state index in [9.17, 15) is 60.7 Å². The molecule has 4 fully saturated rings. The fourth-order valence-corrected chi connectivity index (χ4v) is 8.74. The smallest absolute Gasteiger partial charge is 0.331 e. The van der Waals surface area contributed by atoms with Crippen molar-refractivity contribution in [3.05, 3.63) is 70.4 Å². The van der Waals surface area contributed by atoms with Gasteiger partial charge in [0.25, 0.3) is 0 Å². The number of rotatable bonds is 12. The Morgan fingerprint density at radius 3 is 2.14 bits per heavy atom. The first kappa shape index (κ1) is 46.3. The lowest BCUT2D eigenvalue weighted by molar-refractivity contribution is -0.280. The van der Waals surface area contributed by atoms with Gasteiger partial charge < -0.3 is 88.6 Å². The second-order valence-electron chi connectivity index (χ2n) is 16.8. The van der Waals surface area contributed by atoms with E-state index in [1.165, 1.54) is 49.6 Å². The van der Waals surface area contributed by atoms with Crippen molar-refractivity contribution >= 4 is 16.9 Å². The van der Waals surface area contributed by atoms with Gasteiger partial charge in [-0.1, -0.05) is 13.0 Å². The second-order valence-corrected chi connectivity index (χ2v) is 16.8. The number of benzene rings is 2. The molecule has 20 nitrogen and oxygen atoms in total. The Bertz CT molecular complexity index is 2250. The highest BCUT2D eigenvalue weighted by Gasteiger charge is 2.67. The zero-order chi connectivity index (χ0) is 45.8. The lowest BCUT2D eigenvalue weighted by Crippen LogP contribution is -2.61. The molecule has 63 heavy (non-hydrogen) atoms. The summed E-state index contributed by atoms with van der Waals surface area (Å²) >= 11 is 0. The minimum atomic E-state index is -1.91. The van der Waals surface area contributed by atoms with Gasteiger partial charge in [-0.05, 0) is 56.2 Å². The lowest BCUT2D eigenvalue weighted by atomic mass is 9.59. The van der Waals surface area contributed by atoms with Crippen LogP contribution in [0.4, 0.5) is 0 Å². The number of methoxy groups -OCH3 is 1. The minimum absolute atomic E-state index is 0.0224. The van der Waals surface area contributed by atoms with Crippen LogP contribution in [0.2, 0.25) is 0 Å². The van der Waals surface area contributed by atoms with Crippen LogP contribution >= 0.6 is 0 Å². The molecule has 14 atom stereocenters. The van der Waals surface area contributed by atoms with Crippen molar-refractivity contribution < 1.29 is 93.4 Å². The van der Waals surface area contributed by atoms with Gasteiger partial charge in [0, 0.05) is 35.6 Å². The third kappa shape index (κ3) is 8.42. The van der Waals surface area contributed by atoms with Gasteiger partial charge in [0.05, 0.1) is 33.0 Å². The van der Waals surface area contributed by atoms with Crippen LogP contribution in [0.5, 0.6) is 23.0 Å². The van der Waals surface area contributed by atoms with Crippen molar-refractivity contribution in [2.45, 2.75) is 112 Å². The number of carbonyl (C=O) groups excluding carboxylic acids is 1. The van der Waals surface area contributed by atoms with Crippen molar-refractivity contribution in [3.63, 3.8) is 0 Å². The highest BCUT2D eigenvalue weighted by molar-refractivity contribution is 5.88. The third-order valence-corrected chi connectivity index (χ3v) is 12.3. The van der Waals surface area contributed by atoms with Crippen molar-refractivity contribution in [2.75, 3.05) is 26.9 Å². The largest absolute Gasteiger partial charge is 0.507 e. The number of hydrogen-bond acceptors (Lipinski definition) is 20. The van der Waals surface area contributed by atoms with Gasteiger partial charge in [0.1, 0.15) is 76.0 Å². The van der Waals surface area contributed by atoms with E-state index in [2.05, 4.69) is 0 Å². The van der Waals surface area contributed by atoms with E-state index < -0.39 is 120 Å². The summed E-state index contributed by atoms with van der Waals surface area (Å²) in [7, 11) is 1.33. The van der Waals surface area contributed by atoms with Crippen molar-refractivity contribution in [1.29, 1.82) is 0 Å². The van der Waals surface area contributed by atoms with Crippen molar-refractivity contribution in [1.82, 2.24) is 0 Å². The SMILES string of the molecule is COc1cc(O)c2c(=O)c(O[C@H]3O[C@@H](CO)[C@@H](O)[C@@H](O)[C@H]3O)c(-c3ccc(O[C@@H]4O[C@H](CO)[C@@H](O)[C@H](OC(=O)/C=C(C)/C=C/[C@]5(O)C6(C)COC5(C)CC(O)C6)[C@H]4O)cc3)oc2c1. The summed E-state index contributed by atoms with van der Waals surface area (Å²) < 4.78 is 45.4. The normalized spacial score (nSPS) is 37.0. The van der Waals surface area contributed by atoms with Crippen LogP contribution in [0.15, 0.2) is 69.4 Å². The van der Waals surface area contributed by atoms with Crippen molar-refractivity contribution in [2.24, 2.45) is 5.41 Å². The molecule has 344 valence electrons. The average Bonchev–Trinajstić information content (AvgIpc) is 3.33. The Labute approximate surface area is 359 Å². The van der Waals surface area contributed by atoms with Gasteiger partial charge >= 0.3 is 5.97 Å². The molecule has 0 amide bonds. The lowest BCUT2D eigenvalue weighted by Gasteiger charge is -2.49. The molecule has 1 aliphatic carbocycles. The van der Waals surface area contributed by atoms with E-state index in [1.807, 2.05) is 6.92 Å². The minimum Gasteiger partial charge on any atom is -0.507 e. The van der Waals surface area contributed by atoms with Crippen LogP contribution in [0.3, 0.4) is 0 Å². The third-order valence-electron chi connectivity index (χ3n) is 12.3. The van der Waals surface area contributed by atoms with Crippen molar-refractivity contribution in [3.8, 4) is 34.3 Å². The first-order valence-electron chi connectivity index (χ1n) is 20.1. The van der Waals surface area contributed by atoms with E-state index in [-0.39, 0.29) is 46.8 Å². The molecule has 3 aliphatic heterocycles. The maximum absolute atomic E-state index is 13.9. The first-order chi connectivity index (χ1) is 29.8. The summed E-state index contributed by atoms with van der Waals surface area (Å²) in [4.78, 5) is 27.1. The zero-order valence-corrected chi connectivity index (χ0v) is 34.6. The number of phenols is 1. The summed E-state index contributed by atoms with van der Waals surface area (Å²) in [5.74, 6) is -2.25. The van der Waals surface area contributed by atoms with Gasteiger partial charge in [0.15, 0.2) is 18.0 Å². The number of aliphatic hydroxyl groups is 9. The predicted molar refractivity (Wildman–Crippen MR) is 214 cm³/mol. The Kier molecular flexibility index (Phi) is 13.0. The number of esters is 1. The monoisotopic (exact) mass is 888 g/mol. The Hall–Kier alpha value is -4.68. The average molecular weight is 889 g/mol. The van der Waals surface area contributed by atoms with E-state index in [4.69, 9.17) is 37.6 Å². The molecule has 20 heteroatoms. The van der Waals surface area contributed by atoms with Crippen LogP contribution < -0.4 is 19.6 Å². The maximum Gasteiger partial charge on any atom is 0.331 e. The number of phenolic OH excluding ortho intramolecular Hbond substituents is 1. The van der Waals surface area contributed by atoms with Gasteiger partial charge in [-0.3, -0.25) is 4.79 Å². The Balaban J connectivity index is 1.11. The van der Waals surface area contributed by atoms with Crippen LogP contribution in [-0.4, -0.2) is 163 Å². The molecule has 4 heterocycles. The molecule has 2 aromatic carbocycles.